The number of aliphatic imine (C=N–C) groups is 1. The van der Waals surface area contributed by atoms with Crippen LogP contribution in [-0.4, -0.2) is 74.1 Å². The minimum absolute atomic E-state index is 0.777. The van der Waals surface area contributed by atoms with Crippen LogP contribution in [0.25, 0.3) is 0 Å². The van der Waals surface area contributed by atoms with Gasteiger partial charge < -0.3 is 20.3 Å². The Kier molecular flexibility index (Phi) is 10.1. The maximum absolute atomic E-state index is 5.07. The molecule has 0 saturated heterocycles. The van der Waals surface area contributed by atoms with Gasteiger partial charge in [0, 0.05) is 46.1 Å². The van der Waals surface area contributed by atoms with E-state index in [0.717, 1.165) is 58.3 Å². The molecule has 0 fully saturated rings. The van der Waals surface area contributed by atoms with Gasteiger partial charge in [0.05, 0.1) is 19.3 Å². The van der Waals surface area contributed by atoms with Crippen molar-refractivity contribution in [3.05, 3.63) is 18.0 Å². The molecule has 0 radical (unpaired) electrons. The molecule has 0 bridgehead atoms. The first-order valence-electron chi connectivity index (χ1n) is 8.34. The molecular weight excluding hydrogens is 292 g/mol. The summed E-state index contributed by atoms with van der Waals surface area (Å²) in [5.74, 6) is 0.863. The summed E-state index contributed by atoms with van der Waals surface area (Å²) >= 11 is 0. The molecular formula is C16H32N6O. The predicted octanol–water partition coefficient (Wildman–Crippen LogP) is 0.715. The fraction of sp³-hybridized carbons (Fsp3) is 0.750. The second kappa shape index (κ2) is 11.9. The van der Waals surface area contributed by atoms with E-state index in [0.29, 0.717) is 0 Å². The van der Waals surface area contributed by atoms with Crippen LogP contribution in [0.1, 0.15) is 18.9 Å². The quantitative estimate of drug-likeness (QED) is 0.357. The lowest BCUT2D eigenvalue weighted by atomic mass is 10.4. The van der Waals surface area contributed by atoms with Gasteiger partial charge in [0.1, 0.15) is 0 Å². The van der Waals surface area contributed by atoms with Gasteiger partial charge in [-0.15, -0.1) is 0 Å². The molecule has 0 spiro atoms. The minimum Gasteiger partial charge on any atom is -0.385 e. The van der Waals surface area contributed by atoms with Crippen molar-refractivity contribution < 1.29 is 4.74 Å². The van der Waals surface area contributed by atoms with E-state index < -0.39 is 0 Å². The van der Waals surface area contributed by atoms with E-state index >= 15 is 0 Å². The molecule has 2 N–H and O–H groups in total. The van der Waals surface area contributed by atoms with Gasteiger partial charge in [0.15, 0.2) is 5.96 Å². The number of nitrogens with one attached hydrogen (secondary N) is 2. The zero-order valence-electron chi connectivity index (χ0n) is 15.0. The van der Waals surface area contributed by atoms with Crippen molar-refractivity contribution in [2.45, 2.75) is 26.8 Å². The Morgan fingerprint density at radius 3 is 2.87 bits per heavy atom. The van der Waals surface area contributed by atoms with Crippen molar-refractivity contribution in [1.29, 1.82) is 0 Å². The van der Waals surface area contributed by atoms with E-state index in [1.807, 2.05) is 24.0 Å². The third-order valence-electron chi connectivity index (χ3n) is 3.38. The Labute approximate surface area is 140 Å². The molecule has 0 aliphatic carbocycles. The fourth-order valence-electron chi connectivity index (χ4n) is 2.14. The number of hydrogen-bond acceptors (Lipinski definition) is 4. The normalized spacial score (nSPS) is 12.0. The highest BCUT2D eigenvalue weighted by atomic mass is 16.5. The second-order valence-electron chi connectivity index (χ2n) is 5.62. The van der Waals surface area contributed by atoms with Crippen LogP contribution in [0.3, 0.4) is 0 Å². The zero-order valence-corrected chi connectivity index (χ0v) is 15.0. The summed E-state index contributed by atoms with van der Waals surface area (Å²) in [6, 6.07) is 0. The van der Waals surface area contributed by atoms with E-state index in [2.05, 4.69) is 39.6 Å². The molecule has 23 heavy (non-hydrogen) atoms. The van der Waals surface area contributed by atoms with Crippen LogP contribution < -0.4 is 10.6 Å². The molecule has 132 valence electrons. The van der Waals surface area contributed by atoms with Crippen molar-refractivity contribution in [1.82, 2.24) is 25.3 Å². The van der Waals surface area contributed by atoms with Crippen LogP contribution in [0, 0.1) is 6.92 Å². The fourth-order valence-corrected chi connectivity index (χ4v) is 2.14. The van der Waals surface area contributed by atoms with Gasteiger partial charge in [-0.1, -0.05) is 0 Å². The number of aryl methyl sites for hydroxylation is 1. The molecule has 0 atom stereocenters. The lowest BCUT2D eigenvalue weighted by Gasteiger charge is -2.16. The molecule has 1 aromatic heterocycles. The molecule has 0 aliphatic rings. The van der Waals surface area contributed by atoms with Crippen molar-refractivity contribution >= 4 is 5.96 Å². The Balaban J connectivity index is 2.26. The molecule has 1 aromatic rings. The van der Waals surface area contributed by atoms with E-state index in [9.17, 15) is 0 Å². The molecule has 7 heteroatoms. The summed E-state index contributed by atoms with van der Waals surface area (Å²) in [5, 5.41) is 10.9. The molecule has 0 aromatic carbocycles. The first kappa shape index (κ1) is 19.4. The number of ether oxygens (including phenoxy) is 1. The Morgan fingerprint density at radius 2 is 2.22 bits per heavy atom. The average molecular weight is 324 g/mol. The molecule has 0 aliphatic heterocycles. The van der Waals surface area contributed by atoms with E-state index in [4.69, 9.17) is 4.74 Å². The first-order valence-corrected chi connectivity index (χ1v) is 8.34. The molecule has 1 rings (SSSR count). The largest absolute Gasteiger partial charge is 0.385 e. The maximum Gasteiger partial charge on any atom is 0.191 e. The van der Waals surface area contributed by atoms with Crippen LogP contribution in [-0.2, 0) is 11.3 Å². The molecule has 0 unspecified atom stereocenters. The second-order valence-corrected chi connectivity index (χ2v) is 5.62. The van der Waals surface area contributed by atoms with E-state index in [1.165, 1.54) is 5.56 Å². The number of aromatic nitrogens is 2. The summed E-state index contributed by atoms with van der Waals surface area (Å²) in [6.07, 6.45) is 4.97. The van der Waals surface area contributed by atoms with Crippen molar-refractivity contribution in [2.24, 2.45) is 4.99 Å². The topological polar surface area (TPSA) is 66.7 Å². The number of hydrogen-bond donors (Lipinski definition) is 2. The van der Waals surface area contributed by atoms with Crippen LogP contribution in [0.4, 0.5) is 0 Å². The highest BCUT2D eigenvalue weighted by Crippen LogP contribution is 1.93. The van der Waals surface area contributed by atoms with Crippen LogP contribution >= 0.6 is 0 Å². The SMILES string of the molecule is CCNC(=NCCN(C)CCCOC)NCCn1cc(C)cn1. The van der Waals surface area contributed by atoms with Crippen LogP contribution in [0.2, 0.25) is 0 Å². The summed E-state index contributed by atoms with van der Waals surface area (Å²) in [4.78, 5) is 6.89. The molecule has 1 heterocycles. The highest BCUT2D eigenvalue weighted by Gasteiger charge is 2.00. The summed E-state index contributed by atoms with van der Waals surface area (Å²) < 4.78 is 7.01. The Hall–Kier alpha value is -1.60. The van der Waals surface area contributed by atoms with Gasteiger partial charge in [0.2, 0.25) is 0 Å². The highest BCUT2D eigenvalue weighted by molar-refractivity contribution is 5.79. The number of rotatable bonds is 11. The monoisotopic (exact) mass is 324 g/mol. The number of nitrogens with zero attached hydrogens (tertiary/aromatic N) is 4. The number of methoxy groups -OCH3 is 1. The van der Waals surface area contributed by atoms with Crippen molar-refractivity contribution in [2.75, 3.05) is 53.5 Å². The first-order chi connectivity index (χ1) is 11.2. The number of guanidine groups is 1. The lowest BCUT2D eigenvalue weighted by Crippen LogP contribution is -2.39. The Morgan fingerprint density at radius 1 is 1.39 bits per heavy atom. The van der Waals surface area contributed by atoms with Gasteiger partial charge >= 0.3 is 0 Å². The molecule has 7 nitrogen and oxygen atoms in total. The van der Waals surface area contributed by atoms with Crippen molar-refractivity contribution in [3.8, 4) is 0 Å². The van der Waals surface area contributed by atoms with Gasteiger partial charge in [-0.05, 0) is 32.9 Å². The standard InChI is InChI=1S/C16H32N6O/c1-5-17-16(18-7-10-21(3)9-6-12-23-4)19-8-11-22-14-15(2)13-20-22/h13-14H,5-12H2,1-4H3,(H2,17,18,19). The van der Waals surface area contributed by atoms with Crippen molar-refractivity contribution in [3.63, 3.8) is 0 Å². The van der Waals surface area contributed by atoms with Crippen LogP contribution in [0.15, 0.2) is 17.4 Å². The van der Waals surface area contributed by atoms with Gasteiger partial charge in [-0.2, -0.15) is 5.10 Å². The zero-order chi connectivity index (χ0) is 16.9. The average Bonchev–Trinajstić information content (AvgIpc) is 2.93. The van der Waals surface area contributed by atoms with Gasteiger partial charge in [-0.25, -0.2) is 0 Å². The molecule has 0 saturated carbocycles. The van der Waals surface area contributed by atoms with E-state index in [1.54, 1.807) is 7.11 Å². The van der Waals surface area contributed by atoms with Gasteiger partial charge in [-0.3, -0.25) is 9.67 Å². The number of likely N-dealkylation sites (N-methyl/N-ethyl adjacent to an activating group) is 1. The molecule has 0 amide bonds. The maximum atomic E-state index is 5.07. The minimum atomic E-state index is 0.777. The van der Waals surface area contributed by atoms with E-state index in [-0.39, 0.29) is 0 Å². The summed E-state index contributed by atoms with van der Waals surface area (Å²) in [5.41, 5.74) is 1.18. The lowest BCUT2D eigenvalue weighted by molar-refractivity contribution is 0.180. The predicted molar refractivity (Wildman–Crippen MR) is 94.9 cm³/mol. The Bertz CT molecular complexity index is 446. The van der Waals surface area contributed by atoms with Gasteiger partial charge in [0.25, 0.3) is 0 Å². The smallest absolute Gasteiger partial charge is 0.191 e. The third-order valence-corrected chi connectivity index (χ3v) is 3.38. The van der Waals surface area contributed by atoms with Crippen LogP contribution in [0.5, 0.6) is 0 Å². The summed E-state index contributed by atoms with van der Waals surface area (Å²) in [7, 11) is 3.86. The third kappa shape index (κ3) is 9.20. The summed E-state index contributed by atoms with van der Waals surface area (Å²) in [6.45, 7) is 10.2.